The van der Waals surface area contributed by atoms with Crippen LogP contribution in [0.2, 0.25) is 0 Å². The lowest BCUT2D eigenvalue weighted by molar-refractivity contribution is 0.414. The Hall–Kier alpha value is -1.59. The molecular weight excluding hydrogens is 396 g/mol. The molecule has 3 nitrogen and oxygen atoms in total. The van der Waals surface area contributed by atoms with Gasteiger partial charge in [0.15, 0.2) is 5.11 Å². The van der Waals surface area contributed by atoms with Crippen molar-refractivity contribution < 1.29 is 4.74 Å². The summed E-state index contributed by atoms with van der Waals surface area (Å²) in [6.07, 6.45) is 0.994. The van der Waals surface area contributed by atoms with Gasteiger partial charge in [-0.15, -0.1) is 0 Å². The van der Waals surface area contributed by atoms with Gasteiger partial charge in [-0.05, 0) is 72.9 Å². The summed E-state index contributed by atoms with van der Waals surface area (Å²) in [6, 6.07) is 14.4. The van der Waals surface area contributed by atoms with Gasteiger partial charge in [0, 0.05) is 10.2 Å². The van der Waals surface area contributed by atoms with Crippen molar-refractivity contribution in [1.82, 2.24) is 5.32 Å². The van der Waals surface area contributed by atoms with Crippen LogP contribution in [0.1, 0.15) is 37.4 Å². The first-order valence-electron chi connectivity index (χ1n) is 8.36. The Morgan fingerprint density at radius 1 is 1.16 bits per heavy atom. The predicted octanol–water partition coefficient (Wildman–Crippen LogP) is 5.84. The minimum Gasteiger partial charge on any atom is -0.497 e. The summed E-state index contributed by atoms with van der Waals surface area (Å²) < 4.78 is 6.34. The van der Waals surface area contributed by atoms with Gasteiger partial charge in [-0.25, -0.2) is 0 Å². The molecule has 0 fully saturated rings. The molecule has 0 heterocycles. The van der Waals surface area contributed by atoms with E-state index in [1.807, 2.05) is 24.3 Å². The highest BCUT2D eigenvalue weighted by Crippen LogP contribution is 2.24. The van der Waals surface area contributed by atoms with Crippen LogP contribution in [0.3, 0.4) is 0 Å². The van der Waals surface area contributed by atoms with Gasteiger partial charge in [0.2, 0.25) is 0 Å². The van der Waals surface area contributed by atoms with Crippen LogP contribution in [0, 0.1) is 12.8 Å². The Morgan fingerprint density at radius 3 is 2.40 bits per heavy atom. The molecule has 0 unspecified atom stereocenters. The molecule has 2 rings (SSSR count). The molecule has 0 aromatic heterocycles. The van der Waals surface area contributed by atoms with Gasteiger partial charge in [0.05, 0.1) is 13.2 Å². The van der Waals surface area contributed by atoms with Gasteiger partial charge in [0.1, 0.15) is 5.75 Å². The maximum atomic E-state index is 5.53. The van der Waals surface area contributed by atoms with Gasteiger partial charge >= 0.3 is 0 Å². The summed E-state index contributed by atoms with van der Waals surface area (Å²) in [5.74, 6) is 1.41. The van der Waals surface area contributed by atoms with Crippen molar-refractivity contribution in [3.8, 4) is 5.75 Å². The molecule has 2 aromatic rings. The number of aryl methyl sites for hydroxylation is 1. The molecule has 0 saturated carbocycles. The van der Waals surface area contributed by atoms with Crippen LogP contribution in [0.4, 0.5) is 5.69 Å². The first-order chi connectivity index (χ1) is 11.9. The van der Waals surface area contributed by atoms with E-state index < -0.39 is 0 Å². The Morgan fingerprint density at radius 2 is 1.84 bits per heavy atom. The Labute approximate surface area is 164 Å². The van der Waals surface area contributed by atoms with E-state index in [0.717, 1.165) is 22.3 Å². The molecule has 0 aliphatic heterocycles. The minimum atomic E-state index is 0.155. The van der Waals surface area contributed by atoms with Crippen molar-refractivity contribution in [2.45, 2.75) is 33.2 Å². The number of thiocarbonyl (C=S) groups is 1. The molecule has 1 atom stereocenters. The average molecular weight is 421 g/mol. The molecule has 0 saturated heterocycles. The fourth-order valence-corrected chi connectivity index (χ4v) is 3.14. The number of benzene rings is 2. The zero-order chi connectivity index (χ0) is 18.4. The molecular formula is C20H25BrN2OS. The summed E-state index contributed by atoms with van der Waals surface area (Å²) in [5.41, 5.74) is 3.35. The molecule has 0 radical (unpaired) electrons. The van der Waals surface area contributed by atoms with Crippen molar-refractivity contribution in [2.75, 3.05) is 12.4 Å². The maximum Gasteiger partial charge on any atom is 0.171 e. The molecule has 0 bridgehead atoms. The largest absolute Gasteiger partial charge is 0.497 e. The molecule has 134 valence electrons. The number of methoxy groups -OCH3 is 1. The van der Waals surface area contributed by atoms with E-state index in [1.165, 1.54) is 11.1 Å². The molecule has 5 heteroatoms. The third-order valence-corrected chi connectivity index (χ3v) is 5.06. The number of ether oxygens (including phenoxy) is 1. The van der Waals surface area contributed by atoms with E-state index in [9.17, 15) is 0 Å². The molecule has 0 aliphatic carbocycles. The standard InChI is InChI=1S/C20H25BrN2OS/c1-13(2)11-19(15-5-8-17(24-4)9-6-15)23-20(25)22-16-7-10-18(21)14(3)12-16/h5-10,12-13,19H,11H2,1-4H3,(H2,22,23,25)/t19-/m1/s1. The van der Waals surface area contributed by atoms with E-state index >= 15 is 0 Å². The number of hydrogen-bond donors (Lipinski definition) is 2. The Kier molecular flexibility index (Phi) is 7.26. The lowest BCUT2D eigenvalue weighted by atomic mass is 9.97. The second kappa shape index (κ2) is 9.20. The molecule has 0 aliphatic rings. The third kappa shape index (κ3) is 6.01. The zero-order valence-corrected chi connectivity index (χ0v) is 17.5. The molecule has 2 N–H and O–H groups in total. The van der Waals surface area contributed by atoms with Crippen molar-refractivity contribution in [2.24, 2.45) is 5.92 Å². The highest BCUT2D eigenvalue weighted by molar-refractivity contribution is 9.10. The second-order valence-corrected chi connectivity index (χ2v) is 7.78. The second-order valence-electron chi connectivity index (χ2n) is 6.52. The number of hydrogen-bond acceptors (Lipinski definition) is 2. The molecule has 0 amide bonds. The fraction of sp³-hybridized carbons (Fsp3) is 0.350. The van der Waals surface area contributed by atoms with Crippen molar-refractivity contribution >= 4 is 38.9 Å². The van der Waals surface area contributed by atoms with Crippen LogP contribution < -0.4 is 15.4 Å². The number of nitrogens with one attached hydrogen (secondary N) is 2. The van der Waals surface area contributed by atoms with Crippen LogP contribution in [-0.2, 0) is 0 Å². The van der Waals surface area contributed by atoms with E-state index in [1.54, 1.807) is 7.11 Å². The summed E-state index contributed by atoms with van der Waals surface area (Å²) in [5, 5.41) is 7.36. The van der Waals surface area contributed by atoms with Crippen LogP contribution >= 0.6 is 28.1 Å². The average Bonchev–Trinajstić information content (AvgIpc) is 2.57. The highest BCUT2D eigenvalue weighted by atomic mass is 79.9. The van der Waals surface area contributed by atoms with E-state index in [-0.39, 0.29) is 6.04 Å². The SMILES string of the molecule is COc1ccc([C@@H](CC(C)C)NC(=S)Nc2ccc(Br)c(C)c2)cc1. The number of anilines is 1. The van der Waals surface area contributed by atoms with E-state index in [4.69, 9.17) is 17.0 Å². The fourth-order valence-electron chi connectivity index (χ4n) is 2.63. The van der Waals surface area contributed by atoms with Crippen LogP contribution in [0.5, 0.6) is 5.75 Å². The van der Waals surface area contributed by atoms with Gasteiger partial charge in [0.25, 0.3) is 0 Å². The van der Waals surface area contributed by atoms with Crippen molar-refractivity contribution in [3.05, 3.63) is 58.1 Å². The van der Waals surface area contributed by atoms with E-state index in [0.29, 0.717) is 11.0 Å². The monoisotopic (exact) mass is 420 g/mol. The maximum absolute atomic E-state index is 5.53. The summed E-state index contributed by atoms with van der Waals surface area (Å²) >= 11 is 9.05. The summed E-state index contributed by atoms with van der Waals surface area (Å²) in [7, 11) is 1.68. The number of rotatable bonds is 6. The lowest BCUT2D eigenvalue weighted by Gasteiger charge is -2.23. The normalized spacial score (nSPS) is 11.9. The first kappa shape index (κ1) is 19.7. The Balaban J connectivity index is 2.09. The van der Waals surface area contributed by atoms with Gasteiger partial charge < -0.3 is 15.4 Å². The molecule has 0 spiro atoms. The van der Waals surface area contributed by atoms with Gasteiger partial charge in [-0.1, -0.05) is 41.9 Å². The molecule has 2 aromatic carbocycles. The molecule has 25 heavy (non-hydrogen) atoms. The van der Waals surface area contributed by atoms with Gasteiger partial charge in [-0.2, -0.15) is 0 Å². The summed E-state index contributed by atoms with van der Waals surface area (Å²) in [4.78, 5) is 0. The van der Waals surface area contributed by atoms with Gasteiger partial charge in [-0.3, -0.25) is 0 Å². The lowest BCUT2D eigenvalue weighted by Crippen LogP contribution is -2.33. The minimum absolute atomic E-state index is 0.155. The quantitative estimate of drug-likeness (QED) is 0.574. The predicted molar refractivity (Wildman–Crippen MR) is 113 cm³/mol. The third-order valence-electron chi connectivity index (χ3n) is 3.95. The summed E-state index contributed by atoms with van der Waals surface area (Å²) in [6.45, 7) is 6.49. The topological polar surface area (TPSA) is 33.3 Å². The Bertz CT molecular complexity index is 716. The van der Waals surface area contributed by atoms with E-state index in [2.05, 4.69) is 65.5 Å². The highest BCUT2D eigenvalue weighted by Gasteiger charge is 2.15. The van der Waals surface area contributed by atoms with Crippen molar-refractivity contribution in [1.29, 1.82) is 0 Å². The smallest absolute Gasteiger partial charge is 0.171 e. The first-order valence-corrected chi connectivity index (χ1v) is 9.56. The van der Waals surface area contributed by atoms with Crippen LogP contribution in [-0.4, -0.2) is 12.2 Å². The zero-order valence-electron chi connectivity index (χ0n) is 15.1. The van der Waals surface area contributed by atoms with Crippen LogP contribution in [0.15, 0.2) is 46.9 Å². The van der Waals surface area contributed by atoms with Crippen LogP contribution in [0.25, 0.3) is 0 Å². The van der Waals surface area contributed by atoms with Crippen molar-refractivity contribution in [3.63, 3.8) is 0 Å². The number of halogens is 1.